The maximum Gasteiger partial charge on any atom is 0.243 e. The first-order chi connectivity index (χ1) is 13.4. The third-order valence-electron chi connectivity index (χ3n) is 4.95. The molecule has 0 amide bonds. The van der Waals surface area contributed by atoms with E-state index in [1.165, 1.54) is 5.56 Å². The van der Waals surface area contributed by atoms with Crippen molar-refractivity contribution in [2.24, 2.45) is 5.92 Å². The predicted molar refractivity (Wildman–Crippen MR) is 114 cm³/mol. The number of rotatable bonds is 7. The van der Waals surface area contributed by atoms with Crippen molar-refractivity contribution in [2.45, 2.75) is 32.1 Å². The van der Waals surface area contributed by atoms with Crippen LogP contribution in [0.1, 0.15) is 26.3 Å². The lowest BCUT2D eigenvalue weighted by Crippen LogP contribution is -2.48. The Balaban J connectivity index is 1.68. The van der Waals surface area contributed by atoms with E-state index in [0.717, 1.165) is 17.9 Å². The zero-order valence-electron chi connectivity index (χ0n) is 17.0. The number of nitrogens with zero attached hydrogens (tertiary/aromatic N) is 2. The molecule has 2 aromatic rings. The minimum absolute atomic E-state index is 0.378. The number of hydrogen-bond acceptors (Lipinski definition) is 4. The molecule has 0 bridgehead atoms. The number of hydrogen-bond donors (Lipinski definition) is 0. The van der Waals surface area contributed by atoms with Crippen LogP contribution in [0.15, 0.2) is 53.4 Å². The van der Waals surface area contributed by atoms with E-state index in [1.807, 2.05) is 43.3 Å². The predicted octanol–water partition coefficient (Wildman–Crippen LogP) is 3.79. The normalized spacial score (nSPS) is 15.8. The van der Waals surface area contributed by atoms with Gasteiger partial charge in [-0.1, -0.05) is 38.1 Å². The summed E-state index contributed by atoms with van der Waals surface area (Å²) in [6.45, 7) is 9.13. The first-order valence-electron chi connectivity index (χ1n) is 9.97. The van der Waals surface area contributed by atoms with Gasteiger partial charge in [-0.05, 0) is 49.1 Å². The second kappa shape index (κ2) is 8.97. The van der Waals surface area contributed by atoms with Gasteiger partial charge in [0, 0.05) is 26.2 Å². The van der Waals surface area contributed by atoms with Crippen molar-refractivity contribution in [3.05, 3.63) is 54.1 Å². The number of ether oxygens (including phenoxy) is 1. The van der Waals surface area contributed by atoms with Gasteiger partial charge < -0.3 is 9.64 Å². The monoisotopic (exact) mass is 402 g/mol. The van der Waals surface area contributed by atoms with E-state index >= 15 is 0 Å². The maximum absolute atomic E-state index is 13.0. The van der Waals surface area contributed by atoms with Crippen molar-refractivity contribution >= 4 is 15.7 Å². The molecule has 1 heterocycles. The summed E-state index contributed by atoms with van der Waals surface area (Å²) in [5.41, 5.74) is 2.20. The average molecular weight is 403 g/mol. The van der Waals surface area contributed by atoms with Gasteiger partial charge in [-0.15, -0.1) is 0 Å². The standard InChI is InChI=1S/C22H30N2O3S/c1-4-27-22-8-6-5-7-21(22)23-13-15-24(16-14-23)28(25,26)20-11-9-19(10-12-20)17-18(2)3/h5-12,18H,4,13-17H2,1-3H3. The Labute approximate surface area is 169 Å². The molecule has 1 aliphatic heterocycles. The summed E-state index contributed by atoms with van der Waals surface area (Å²) < 4.78 is 33.3. The van der Waals surface area contributed by atoms with Crippen LogP contribution in [0.2, 0.25) is 0 Å². The summed E-state index contributed by atoms with van der Waals surface area (Å²) in [6.07, 6.45) is 0.957. The van der Waals surface area contributed by atoms with Crippen LogP contribution in [0, 0.1) is 5.92 Å². The average Bonchev–Trinajstić information content (AvgIpc) is 2.69. The van der Waals surface area contributed by atoms with Crippen molar-refractivity contribution < 1.29 is 13.2 Å². The highest BCUT2D eigenvalue weighted by Gasteiger charge is 2.29. The third-order valence-corrected chi connectivity index (χ3v) is 6.86. The maximum atomic E-state index is 13.0. The second-order valence-corrected chi connectivity index (χ2v) is 9.47. The smallest absolute Gasteiger partial charge is 0.243 e. The highest BCUT2D eigenvalue weighted by molar-refractivity contribution is 7.89. The van der Waals surface area contributed by atoms with Crippen LogP contribution in [0.5, 0.6) is 5.75 Å². The molecule has 6 heteroatoms. The molecular formula is C22H30N2O3S. The first kappa shape index (κ1) is 20.7. The molecule has 1 fully saturated rings. The fourth-order valence-corrected chi connectivity index (χ4v) is 5.01. The van der Waals surface area contributed by atoms with Crippen LogP contribution in [0.3, 0.4) is 0 Å². The molecule has 0 aliphatic carbocycles. The fourth-order valence-electron chi connectivity index (χ4n) is 3.58. The molecule has 28 heavy (non-hydrogen) atoms. The van der Waals surface area contributed by atoms with Crippen LogP contribution in [-0.2, 0) is 16.4 Å². The van der Waals surface area contributed by atoms with Crippen LogP contribution in [0.4, 0.5) is 5.69 Å². The molecule has 0 N–H and O–H groups in total. The quantitative estimate of drug-likeness (QED) is 0.707. The molecule has 0 atom stereocenters. The van der Waals surface area contributed by atoms with E-state index in [2.05, 4.69) is 18.7 Å². The molecule has 0 aromatic heterocycles. The zero-order valence-corrected chi connectivity index (χ0v) is 17.8. The Morgan fingerprint density at radius 3 is 2.21 bits per heavy atom. The zero-order chi connectivity index (χ0) is 20.1. The van der Waals surface area contributed by atoms with E-state index in [0.29, 0.717) is 43.6 Å². The highest BCUT2D eigenvalue weighted by atomic mass is 32.2. The van der Waals surface area contributed by atoms with Gasteiger partial charge in [0.05, 0.1) is 17.2 Å². The molecule has 1 aliphatic rings. The largest absolute Gasteiger partial charge is 0.492 e. The second-order valence-electron chi connectivity index (χ2n) is 7.53. The van der Waals surface area contributed by atoms with Gasteiger partial charge in [-0.25, -0.2) is 8.42 Å². The molecular weight excluding hydrogens is 372 g/mol. The van der Waals surface area contributed by atoms with Crippen molar-refractivity contribution in [1.82, 2.24) is 4.31 Å². The summed E-state index contributed by atoms with van der Waals surface area (Å²) in [5.74, 6) is 1.40. The lowest BCUT2D eigenvalue weighted by atomic mass is 10.0. The van der Waals surface area contributed by atoms with E-state index in [4.69, 9.17) is 4.74 Å². The van der Waals surface area contributed by atoms with Crippen molar-refractivity contribution in [3.8, 4) is 5.75 Å². The fraction of sp³-hybridized carbons (Fsp3) is 0.455. The van der Waals surface area contributed by atoms with Gasteiger partial charge in [-0.2, -0.15) is 4.31 Å². The van der Waals surface area contributed by atoms with Crippen LogP contribution in [-0.4, -0.2) is 45.5 Å². The minimum atomic E-state index is -3.46. The van der Waals surface area contributed by atoms with Gasteiger partial charge in [-0.3, -0.25) is 0 Å². The Bertz CT molecular complexity index is 871. The number of benzene rings is 2. The number of anilines is 1. The number of sulfonamides is 1. The van der Waals surface area contributed by atoms with Gasteiger partial charge in [0.15, 0.2) is 0 Å². The van der Waals surface area contributed by atoms with Crippen LogP contribution in [0.25, 0.3) is 0 Å². The molecule has 0 saturated carbocycles. The third kappa shape index (κ3) is 4.67. The van der Waals surface area contributed by atoms with E-state index < -0.39 is 10.0 Å². The summed E-state index contributed by atoms with van der Waals surface area (Å²) in [4.78, 5) is 2.58. The van der Waals surface area contributed by atoms with Crippen molar-refractivity contribution in [2.75, 3.05) is 37.7 Å². The lowest BCUT2D eigenvalue weighted by Gasteiger charge is -2.36. The van der Waals surface area contributed by atoms with Crippen molar-refractivity contribution in [3.63, 3.8) is 0 Å². The summed E-state index contributed by atoms with van der Waals surface area (Å²) in [5, 5.41) is 0. The Morgan fingerprint density at radius 1 is 0.964 bits per heavy atom. The minimum Gasteiger partial charge on any atom is -0.492 e. The van der Waals surface area contributed by atoms with Gasteiger partial charge in [0.2, 0.25) is 10.0 Å². The number of piperazine rings is 1. The Kier molecular flexibility index (Phi) is 6.62. The molecule has 0 unspecified atom stereocenters. The SMILES string of the molecule is CCOc1ccccc1N1CCN(S(=O)(=O)c2ccc(CC(C)C)cc2)CC1. The molecule has 5 nitrogen and oxygen atoms in total. The van der Waals surface area contributed by atoms with Crippen LogP contribution < -0.4 is 9.64 Å². The summed E-state index contributed by atoms with van der Waals surface area (Å²) in [6, 6.07) is 15.3. The molecule has 152 valence electrons. The highest BCUT2D eigenvalue weighted by Crippen LogP contribution is 2.29. The first-order valence-corrected chi connectivity index (χ1v) is 11.4. The molecule has 3 rings (SSSR count). The van der Waals surface area contributed by atoms with E-state index in [1.54, 1.807) is 16.4 Å². The summed E-state index contributed by atoms with van der Waals surface area (Å²) in [7, 11) is -3.46. The van der Waals surface area contributed by atoms with Crippen molar-refractivity contribution in [1.29, 1.82) is 0 Å². The topological polar surface area (TPSA) is 49.9 Å². The number of para-hydroxylation sites is 2. The molecule has 1 saturated heterocycles. The lowest BCUT2D eigenvalue weighted by molar-refractivity contribution is 0.337. The molecule has 0 spiro atoms. The Hall–Kier alpha value is -2.05. The van der Waals surface area contributed by atoms with Gasteiger partial charge in [0.25, 0.3) is 0 Å². The molecule has 0 radical (unpaired) electrons. The Morgan fingerprint density at radius 2 is 1.61 bits per heavy atom. The van der Waals surface area contributed by atoms with Gasteiger partial charge in [0.1, 0.15) is 5.75 Å². The van der Waals surface area contributed by atoms with Crippen LogP contribution >= 0.6 is 0 Å². The van der Waals surface area contributed by atoms with Gasteiger partial charge >= 0.3 is 0 Å². The van der Waals surface area contributed by atoms with E-state index in [9.17, 15) is 8.42 Å². The molecule has 2 aromatic carbocycles. The van der Waals surface area contributed by atoms with E-state index in [-0.39, 0.29) is 0 Å². The summed E-state index contributed by atoms with van der Waals surface area (Å²) >= 11 is 0.